The number of nitrogens with one attached hydrogen (secondary N) is 2. The molecule has 1 unspecified atom stereocenters. The number of urea groups is 1. The molecule has 1 aromatic rings. The summed E-state index contributed by atoms with van der Waals surface area (Å²) < 4.78 is 0. The molecule has 0 saturated heterocycles. The molecular formula is C14H22ClN3O2. The van der Waals surface area contributed by atoms with Crippen molar-refractivity contribution >= 4 is 29.0 Å². The molecule has 1 atom stereocenters. The Morgan fingerprint density at radius 1 is 1.45 bits per heavy atom. The number of carbonyl (C=O) groups is 1. The van der Waals surface area contributed by atoms with Crippen molar-refractivity contribution in [3.05, 3.63) is 23.2 Å². The van der Waals surface area contributed by atoms with E-state index in [-0.39, 0.29) is 18.7 Å². The van der Waals surface area contributed by atoms with Crippen LogP contribution in [0.15, 0.2) is 18.2 Å². The molecule has 6 heteroatoms. The second-order valence-corrected chi connectivity index (χ2v) is 5.18. The minimum atomic E-state index is -0.293. The molecule has 0 bridgehead atoms. The predicted octanol–water partition coefficient (Wildman–Crippen LogP) is 2.69. The van der Waals surface area contributed by atoms with Gasteiger partial charge in [-0.1, -0.05) is 18.5 Å². The number of aliphatic hydroxyl groups excluding tert-OH is 1. The second kappa shape index (κ2) is 7.97. The molecule has 0 aliphatic carbocycles. The summed E-state index contributed by atoms with van der Waals surface area (Å²) >= 11 is 6.14. The van der Waals surface area contributed by atoms with Gasteiger partial charge in [0.1, 0.15) is 0 Å². The normalized spacial score (nSPS) is 11.8. The molecule has 20 heavy (non-hydrogen) atoms. The van der Waals surface area contributed by atoms with Gasteiger partial charge in [0.15, 0.2) is 0 Å². The molecule has 3 N–H and O–H groups in total. The van der Waals surface area contributed by atoms with Crippen molar-refractivity contribution in [1.29, 1.82) is 0 Å². The van der Waals surface area contributed by atoms with Crippen LogP contribution in [0.3, 0.4) is 0 Å². The van der Waals surface area contributed by atoms with Crippen molar-refractivity contribution in [3.8, 4) is 0 Å². The zero-order valence-corrected chi connectivity index (χ0v) is 12.9. The molecule has 112 valence electrons. The van der Waals surface area contributed by atoms with Gasteiger partial charge in [-0.15, -0.1) is 0 Å². The van der Waals surface area contributed by atoms with Crippen molar-refractivity contribution in [3.63, 3.8) is 0 Å². The number of halogens is 1. The Hall–Kier alpha value is -1.46. The van der Waals surface area contributed by atoms with Crippen molar-refractivity contribution < 1.29 is 9.90 Å². The van der Waals surface area contributed by atoms with Crippen molar-refractivity contribution in [2.45, 2.75) is 25.8 Å². The first kappa shape index (κ1) is 16.6. The van der Waals surface area contributed by atoms with Crippen molar-refractivity contribution in [2.24, 2.45) is 0 Å². The molecule has 5 nitrogen and oxygen atoms in total. The van der Waals surface area contributed by atoms with Gasteiger partial charge in [0.2, 0.25) is 0 Å². The third kappa shape index (κ3) is 4.90. The van der Waals surface area contributed by atoms with Crippen molar-refractivity contribution in [1.82, 2.24) is 5.32 Å². The Morgan fingerprint density at radius 2 is 2.15 bits per heavy atom. The fourth-order valence-corrected chi connectivity index (χ4v) is 2.18. The quantitative estimate of drug-likeness (QED) is 0.757. The average Bonchev–Trinajstić information content (AvgIpc) is 2.37. The van der Waals surface area contributed by atoms with E-state index in [4.69, 9.17) is 16.7 Å². The highest BCUT2D eigenvalue weighted by atomic mass is 35.5. The van der Waals surface area contributed by atoms with Crippen LogP contribution in [0.5, 0.6) is 0 Å². The van der Waals surface area contributed by atoms with Crippen LogP contribution < -0.4 is 15.5 Å². The molecule has 0 saturated carbocycles. The van der Waals surface area contributed by atoms with Crippen LogP contribution in [-0.2, 0) is 0 Å². The first-order valence-electron chi connectivity index (χ1n) is 6.63. The SMILES string of the molecule is CCC(CCO)NC(=O)Nc1ccc(N(C)C)c(Cl)c1. The largest absolute Gasteiger partial charge is 0.396 e. The van der Waals surface area contributed by atoms with Crippen LogP contribution in [0.2, 0.25) is 5.02 Å². The third-order valence-electron chi connectivity index (χ3n) is 2.99. The molecule has 0 radical (unpaired) electrons. The Morgan fingerprint density at radius 3 is 2.65 bits per heavy atom. The smallest absolute Gasteiger partial charge is 0.319 e. The molecule has 1 rings (SSSR count). The maximum absolute atomic E-state index is 11.8. The second-order valence-electron chi connectivity index (χ2n) is 4.78. The minimum Gasteiger partial charge on any atom is -0.396 e. The van der Waals surface area contributed by atoms with Crippen LogP contribution in [0.1, 0.15) is 19.8 Å². The lowest BCUT2D eigenvalue weighted by molar-refractivity contribution is 0.237. The fourth-order valence-electron chi connectivity index (χ4n) is 1.83. The summed E-state index contributed by atoms with van der Waals surface area (Å²) in [5.74, 6) is 0. The van der Waals surface area contributed by atoms with E-state index in [2.05, 4.69) is 10.6 Å². The standard InChI is InChI=1S/C14H22ClN3O2/c1-4-10(7-8-19)16-14(20)17-11-5-6-13(18(2)3)12(15)9-11/h5-6,9-10,19H,4,7-8H2,1-3H3,(H2,16,17,20). The maximum atomic E-state index is 11.8. The number of aliphatic hydroxyl groups is 1. The number of hydrogen-bond donors (Lipinski definition) is 3. The predicted molar refractivity (Wildman–Crippen MR) is 83.7 cm³/mol. The molecular weight excluding hydrogens is 278 g/mol. The molecule has 0 fully saturated rings. The Balaban J connectivity index is 2.64. The lowest BCUT2D eigenvalue weighted by Crippen LogP contribution is -2.38. The summed E-state index contributed by atoms with van der Waals surface area (Å²) in [6, 6.07) is 5.04. The number of amides is 2. The van der Waals surface area contributed by atoms with Gasteiger partial charge in [0.05, 0.1) is 10.7 Å². The van der Waals surface area contributed by atoms with Gasteiger partial charge in [-0.25, -0.2) is 4.79 Å². The Bertz CT molecular complexity index is 452. The van der Waals surface area contributed by atoms with Crippen LogP contribution in [0.4, 0.5) is 16.2 Å². The van der Waals surface area contributed by atoms with E-state index in [9.17, 15) is 4.79 Å². The topological polar surface area (TPSA) is 64.6 Å². The van der Waals surface area contributed by atoms with E-state index >= 15 is 0 Å². The van der Waals surface area contributed by atoms with Gasteiger partial charge in [-0.3, -0.25) is 0 Å². The van der Waals surface area contributed by atoms with Gasteiger partial charge in [-0.05, 0) is 31.0 Å². The zero-order valence-electron chi connectivity index (χ0n) is 12.1. The lowest BCUT2D eigenvalue weighted by Gasteiger charge is -2.18. The maximum Gasteiger partial charge on any atom is 0.319 e. The number of benzene rings is 1. The molecule has 1 aromatic carbocycles. The van der Waals surface area contributed by atoms with Gasteiger partial charge in [0, 0.05) is 32.4 Å². The van der Waals surface area contributed by atoms with E-state index < -0.39 is 0 Å². The Labute approximate surface area is 124 Å². The number of nitrogens with zero attached hydrogens (tertiary/aromatic N) is 1. The van der Waals surface area contributed by atoms with Crippen LogP contribution >= 0.6 is 11.6 Å². The van der Waals surface area contributed by atoms with E-state index in [1.54, 1.807) is 12.1 Å². The monoisotopic (exact) mass is 299 g/mol. The number of rotatable bonds is 6. The van der Waals surface area contributed by atoms with E-state index in [1.165, 1.54) is 0 Å². The van der Waals surface area contributed by atoms with E-state index in [0.717, 1.165) is 12.1 Å². The first-order valence-corrected chi connectivity index (χ1v) is 7.01. The van der Waals surface area contributed by atoms with E-state index in [0.29, 0.717) is 17.1 Å². The summed E-state index contributed by atoms with van der Waals surface area (Å²) in [6.45, 7) is 2.02. The summed E-state index contributed by atoms with van der Waals surface area (Å²) in [6.07, 6.45) is 1.32. The Kier molecular flexibility index (Phi) is 6.61. The molecule has 0 spiro atoms. The first-order chi connectivity index (χ1) is 9.47. The molecule has 0 heterocycles. The fraction of sp³-hybridized carbons (Fsp3) is 0.500. The van der Waals surface area contributed by atoms with Gasteiger partial charge in [-0.2, -0.15) is 0 Å². The van der Waals surface area contributed by atoms with Crippen LogP contribution in [0, 0.1) is 0 Å². The highest BCUT2D eigenvalue weighted by Crippen LogP contribution is 2.27. The summed E-state index contributed by atoms with van der Waals surface area (Å²) in [4.78, 5) is 13.7. The third-order valence-corrected chi connectivity index (χ3v) is 3.30. The molecule has 0 aromatic heterocycles. The van der Waals surface area contributed by atoms with Gasteiger partial charge < -0.3 is 20.6 Å². The summed E-state index contributed by atoms with van der Waals surface area (Å²) in [7, 11) is 3.81. The zero-order chi connectivity index (χ0) is 15.1. The number of hydrogen-bond acceptors (Lipinski definition) is 3. The highest BCUT2D eigenvalue weighted by molar-refractivity contribution is 6.33. The average molecular weight is 300 g/mol. The molecule has 0 aliphatic rings. The molecule has 0 aliphatic heterocycles. The van der Waals surface area contributed by atoms with Gasteiger partial charge in [0.25, 0.3) is 0 Å². The highest BCUT2D eigenvalue weighted by Gasteiger charge is 2.10. The number of carbonyl (C=O) groups excluding carboxylic acids is 1. The van der Waals surface area contributed by atoms with Gasteiger partial charge >= 0.3 is 6.03 Å². The molecule has 2 amide bonds. The summed E-state index contributed by atoms with van der Waals surface area (Å²) in [5.41, 5.74) is 1.53. The number of anilines is 2. The summed E-state index contributed by atoms with van der Waals surface area (Å²) in [5, 5.41) is 15.0. The van der Waals surface area contributed by atoms with Crippen LogP contribution in [0.25, 0.3) is 0 Å². The minimum absolute atomic E-state index is 0.0310. The van der Waals surface area contributed by atoms with Crippen LogP contribution in [-0.4, -0.2) is 37.9 Å². The van der Waals surface area contributed by atoms with E-state index in [1.807, 2.05) is 32.0 Å². The van der Waals surface area contributed by atoms with Crippen molar-refractivity contribution in [2.75, 3.05) is 30.9 Å². The lowest BCUT2D eigenvalue weighted by atomic mass is 10.2.